The molecule has 1 aliphatic rings. The minimum atomic E-state index is -0.379. The Hall–Kier alpha value is -1.41. The fourth-order valence-corrected chi connectivity index (χ4v) is 4.67. The molecule has 2 heterocycles. The lowest BCUT2D eigenvalue weighted by Gasteiger charge is -2.35. The number of rotatable bonds is 4. The first-order chi connectivity index (χ1) is 10.9. The maximum atomic E-state index is 12.7. The lowest BCUT2D eigenvalue weighted by molar-refractivity contribution is -0.145. The lowest BCUT2D eigenvalue weighted by atomic mass is 9.78. The molecular formula is C15H17BrN2O4S. The Morgan fingerprint density at radius 1 is 1.43 bits per heavy atom. The predicted octanol–water partition coefficient (Wildman–Crippen LogP) is 2.73. The van der Waals surface area contributed by atoms with Crippen LogP contribution in [0.5, 0.6) is 0 Å². The number of halogens is 1. The van der Waals surface area contributed by atoms with E-state index in [1.165, 1.54) is 15.9 Å². The van der Waals surface area contributed by atoms with Gasteiger partial charge >= 0.3 is 11.7 Å². The highest BCUT2D eigenvalue weighted by Crippen LogP contribution is 2.39. The summed E-state index contributed by atoms with van der Waals surface area (Å²) in [5.41, 5.74) is 0.223. The van der Waals surface area contributed by atoms with E-state index in [1.807, 2.05) is 6.92 Å². The van der Waals surface area contributed by atoms with Crippen molar-refractivity contribution in [3.05, 3.63) is 30.2 Å². The van der Waals surface area contributed by atoms with E-state index in [0.717, 1.165) is 9.35 Å². The van der Waals surface area contributed by atoms with Crippen LogP contribution < -0.4 is 11.2 Å². The van der Waals surface area contributed by atoms with Crippen LogP contribution >= 0.6 is 27.3 Å². The Kier molecular flexibility index (Phi) is 4.46. The molecule has 2 aromatic heterocycles. The van der Waals surface area contributed by atoms with Crippen molar-refractivity contribution in [3.63, 3.8) is 0 Å². The normalized spacial score (nSPS) is 20.5. The first-order valence-corrected chi connectivity index (χ1v) is 9.12. The van der Waals surface area contributed by atoms with Crippen LogP contribution in [0.2, 0.25) is 0 Å². The Morgan fingerprint density at radius 2 is 2.13 bits per heavy atom. The molecule has 1 saturated carbocycles. The number of aryl methyl sites for hydroxylation is 1. The molecule has 0 aliphatic heterocycles. The summed E-state index contributed by atoms with van der Waals surface area (Å²) in [6.07, 6.45) is 1.65. The van der Waals surface area contributed by atoms with E-state index in [1.54, 1.807) is 6.92 Å². The van der Waals surface area contributed by atoms with E-state index in [2.05, 4.69) is 20.9 Å². The monoisotopic (exact) mass is 400 g/mol. The van der Waals surface area contributed by atoms with Crippen molar-refractivity contribution in [3.8, 4) is 0 Å². The second-order valence-electron chi connectivity index (χ2n) is 5.81. The number of hydrogen-bond donors (Lipinski definition) is 1. The van der Waals surface area contributed by atoms with Gasteiger partial charge < -0.3 is 4.74 Å². The molecule has 0 spiro atoms. The van der Waals surface area contributed by atoms with Crippen LogP contribution in [-0.2, 0) is 9.53 Å². The zero-order chi connectivity index (χ0) is 16.7. The number of hydrogen-bond acceptors (Lipinski definition) is 5. The molecule has 0 atom stereocenters. The second kappa shape index (κ2) is 6.24. The molecule has 0 amide bonds. The molecule has 1 aliphatic carbocycles. The summed E-state index contributed by atoms with van der Waals surface area (Å²) in [5, 5.41) is 0.565. The summed E-state index contributed by atoms with van der Waals surface area (Å²) in [6.45, 7) is 4.01. The fraction of sp³-hybridized carbons (Fsp3) is 0.533. The van der Waals surface area contributed by atoms with Gasteiger partial charge in [0.25, 0.3) is 5.56 Å². The molecule has 0 radical (unpaired) electrons. The minimum absolute atomic E-state index is 0.145. The highest BCUT2D eigenvalue weighted by atomic mass is 79.9. The van der Waals surface area contributed by atoms with Crippen molar-refractivity contribution in [1.29, 1.82) is 0 Å². The summed E-state index contributed by atoms with van der Waals surface area (Å²) in [7, 11) is 0. The Labute approximate surface area is 144 Å². The van der Waals surface area contributed by atoms with Crippen molar-refractivity contribution in [2.75, 3.05) is 6.61 Å². The number of H-pyrrole nitrogens is 1. The summed E-state index contributed by atoms with van der Waals surface area (Å²) < 4.78 is 7.09. The van der Waals surface area contributed by atoms with Gasteiger partial charge in [0.2, 0.25) is 0 Å². The van der Waals surface area contributed by atoms with Gasteiger partial charge in [0, 0.05) is 12.5 Å². The van der Waals surface area contributed by atoms with Gasteiger partial charge in [-0.05, 0) is 54.1 Å². The molecule has 0 aromatic carbocycles. The van der Waals surface area contributed by atoms with Gasteiger partial charge in [-0.1, -0.05) is 0 Å². The SMILES string of the molecule is CCOC(=O)CC1CC(n2c(=O)[nH]c3sc(Br)c(C)c3c2=O)C1. The molecule has 2 aromatic rings. The topological polar surface area (TPSA) is 81.2 Å². The smallest absolute Gasteiger partial charge is 0.329 e. The quantitative estimate of drug-likeness (QED) is 0.799. The zero-order valence-corrected chi connectivity index (χ0v) is 15.3. The number of aromatic amines is 1. The van der Waals surface area contributed by atoms with Gasteiger partial charge in [-0.25, -0.2) is 4.79 Å². The summed E-state index contributed by atoms with van der Waals surface area (Å²) >= 11 is 4.76. The molecule has 23 heavy (non-hydrogen) atoms. The van der Waals surface area contributed by atoms with Crippen molar-refractivity contribution >= 4 is 43.5 Å². The number of fused-ring (bicyclic) bond motifs is 1. The molecule has 0 bridgehead atoms. The molecule has 6 nitrogen and oxygen atoms in total. The van der Waals surface area contributed by atoms with Crippen LogP contribution in [-0.4, -0.2) is 22.1 Å². The number of carbonyl (C=O) groups excluding carboxylic acids is 1. The molecule has 3 rings (SSSR count). The second-order valence-corrected chi connectivity index (χ2v) is 8.15. The van der Waals surface area contributed by atoms with E-state index in [4.69, 9.17) is 4.74 Å². The molecule has 0 saturated heterocycles. The first-order valence-electron chi connectivity index (χ1n) is 7.51. The maximum Gasteiger partial charge on any atom is 0.329 e. The van der Waals surface area contributed by atoms with Gasteiger partial charge in [-0.15, -0.1) is 11.3 Å². The summed E-state index contributed by atoms with van der Waals surface area (Å²) in [6, 6.07) is -0.145. The highest BCUT2D eigenvalue weighted by Gasteiger charge is 2.34. The number of carbonyl (C=O) groups is 1. The number of thiophene rings is 1. The number of ether oxygens (including phenoxy) is 1. The maximum absolute atomic E-state index is 12.7. The van der Waals surface area contributed by atoms with Crippen LogP contribution in [0.4, 0.5) is 0 Å². The van der Waals surface area contributed by atoms with E-state index in [0.29, 0.717) is 36.1 Å². The minimum Gasteiger partial charge on any atom is -0.466 e. The van der Waals surface area contributed by atoms with Crippen molar-refractivity contribution in [2.45, 2.75) is 39.2 Å². The van der Waals surface area contributed by atoms with Crippen molar-refractivity contribution < 1.29 is 9.53 Å². The molecule has 124 valence electrons. The Morgan fingerprint density at radius 3 is 2.78 bits per heavy atom. The van der Waals surface area contributed by atoms with Crippen LogP contribution in [0.1, 0.15) is 37.8 Å². The van der Waals surface area contributed by atoms with E-state index >= 15 is 0 Å². The largest absolute Gasteiger partial charge is 0.466 e. The highest BCUT2D eigenvalue weighted by molar-refractivity contribution is 9.11. The predicted molar refractivity (Wildman–Crippen MR) is 92.2 cm³/mol. The molecule has 1 N–H and O–H groups in total. The zero-order valence-electron chi connectivity index (χ0n) is 12.8. The first kappa shape index (κ1) is 16.4. The van der Waals surface area contributed by atoms with E-state index in [9.17, 15) is 14.4 Å². The third-order valence-electron chi connectivity index (χ3n) is 4.30. The Bertz CT molecular complexity index is 876. The van der Waals surface area contributed by atoms with E-state index in [-0.39, 0.29) is 29.2 Å². The van der Waals surface area contributed by atoms with Gasteiger partial charge in [0.15, 0.2) is 0 Å². The van der Waals surface area contributed by atoms with Crippen LogP contribution in [0.15, 0.2) is 13.4 Å². The molecular weight excluding hydrogens is 384 g/mol. The molecule has 8 heteroatoms. The van der Waals surface area contributed by atoms with Gasteiger partial charge in [-0.2, -0.15) is 0 Å². The molecule has 0 unspecified atom stereocenters. The summed E-state index contributed by atoms with van der Waals surface area (Å²) in [4.78, 5) is 39.8. The van der Waals surface area contributed by atoms with Gasteiger partial charge in [-0.3, -0.25) is 19.1 Å². The van der Waals surface area contributed by atoms with Crippen LogP contribution in [0.25, 0.3) is 10.2 Å². The lowest BCUT2D eigenvalue weighted by Crippen LogP contribution is -2.43. The standard InChI is InChI=1S/C15H17BrN2O4S/c1-3-22-10(19)6-8-4-9(5-8)18-14(20)11-7(2)12(16)23-13(11)17-15(18)21/h8-9H,3-6H2,1-2H3,(H,17,21). The average Bonchev–Trinajstić information content (AvgIpc) is 2.71. The van der Waals surface area contributed by atoms with Gasteiger partial charge in [0.1, 0.15) is 4.83 Å². The number of nitrogens with zero attached hydrogens (tertiary/aromatic N) is 1. The van der Waals surface area contributed by atoms with Crippen LogP contribution in [0, 0.1) is 12.8 Å². The van der Waals surface area contributed by atoms with Crippen molar-refractivity contribution in [2.24, 2.45) is 5.92 Å². The third-order valence-corrected chi connectivity index (χ3v) is 6.37. The average molecular weight is 401 g/mol. The fourth-order valence-electron chi connectivity index (χ4n) is 3.07. The van der Waals surface area contributed by atoms with Gasteiger partial charge in [0.05, 0.1) is 15.8 Å². The van der Waals surface area contributed by atoms with E-state index < -0.39 is 0 Å². The third kappa shape index (κ3) is 2.89. The molecule has 1 fully saturated rings. The number of nitrogens with one attached hydrogen (secondary N) is 1. The number of esters is 1. The Balaban J connectivity index is 1.85. The van der Waals surface area contributed by atoms with Crippen LogP contribution in [0.3, 0.4) is 0 Å². The van der Waals surface area contributed by atoms with Crippen molar-refractivity contribution in [1.82, 2.24) is 9.55 Å². The number of aromatic nitrogens is 2. The summed E-state index contributed by atoms with van der Waals surface area (Å²) in [5.74, 6) is -0.0402.